The van der Waals surface area contributed by atoms with Crippen LogP contribution in [-0.2, 0) is 24.7 Å². The van der Waals surface area contributed by atoms with E-state index in [2.05, 4.69) is 41.4 Å². The van der Waals surface area contributed by atoms with Gasteiger partial charge in [0.05, 0.1) is 40.1 Å². The summed E-state index contributed by atoms with van der Waals surface area (Å²) in [5.41, 5.74) is 9.53. The molecule has 1 aliphatic rings. The zero-order valence-corrected chi connectivity index (χ0v) is 18.9. The number of hydrogen-bond donors (Lipinski definition) is 1. The van der Waals surface area contributed by atoms with Crippen LogP contribution in [0.15, 0.2) is 60.8 Å². The topological polar surface area (TPSA) is 87.5 Å². The second-order valence-electron chi connectivity index (χ2n) is 8.93. The highest BCUT2D eigenvalue weighted by Gasteiger charge is 2.20. The molecule has 1 aliphatic carbocycles. The number of pyridine rings is 1. The first-order chi connectivity index (χ1) is 16.4. The Labute approximate surface area is 195 Å². The summed E-state index contributed by atoms with van der Waals surface area (Å²) in [5.74, 6) is 0.264. The number of rotatable bonds is 2. The van der Waals surface area contributed by atoms with Crippen molar-refractivity contribution in [2.45, 2.75) is 19.8 Å². The molecule has 0 aliphatic heterocycles. The average molecular weight is 444 g/mol. The van der Waals surface area contributed by atoms with Crippen molar-refractivity contribution in [1.29, 1.82) is 10.7 Å². The molecule has 6 heteroatoms. The lowest BCUT2D eigenvalue weighted by molar-refractivity contribution is -0.117. The maximum absolute atomic E-state index is 11.9. The highest BCUT2D eigenvalue weighted by atomic mass is 16.1. The van der Waals surface area contributed by atoms with E-state index in [4.69, 9.17) is 5.41 Å². The van der Waals surface area contributed by atoms with Crippen LogP contribution in [0.1, 0.15) is 22.3 Å². The third kappa shape index (κ3) is 2.91. The molecule has 0 spiro atoms. The molecular weight excluding hydrogens is 422 g/mol. The Morgan fingerprint density at radius 3 is 2.59 bits per heavy atom. The molecule has 0 fully saturated rings. The smallest absolute Gasteiger partial charge is 0.207 e. The van der Waals surface area contributed by atoms with Crippen LogP contribution in [0.5, 0.6) is 0 Å². The van der Waals surface area contributed by atoms with Gasteiger partial charge in [-0.25, -0.2) is 0 Å². The number of benzene rings is 3. The standard InChI is InChI=1S/C28H21N5O/c1-16-3-4-17(14-29)9-25(16)33-27-23-13-20(18-5-6-19-11-22(34)12-21(19)10-18)7-8-24(23)31-15-26(27)32(2)28(33)30/h3-10,13,15,30H,11-12H2,1-2H3. The minimum Gasteiger partial charge on any atom is -0.312 e. The first-order valence-electron chi connectivity index (χ1n) is 11.1. The van der Waals surface area contributed by atoms with Crippen LogP contribution in [0.4, 0.5) is 0 Å². The molecule has 0 saturated heterocycles. The molecule has 2 aromatic heterocycles. The largest absolute Gasteiger partial charge is 0.312 e. The molecule has 0 unspecified atom stereocenters. The van der Waals surface area contributed by atoms with Crippen molar-refractivity contribution in [1.82, 2.24) is 14.1 Å². The third-order valence-electron chi connectivity index (χ3n) is 6.83. The fourth-order valence-corrected chi connectivity index (χ4v) is 4.98. The number of nitrogens with zero attached hydrogens (tertiary/aromatic N) is 4. The van der Waals surface area contributed by atoms with Crippen LogP contribution >= 0.6 is 0 Å². The minimum atomic E-state index is 0.264. The fraction of sp³-hybridized carbons (Fsp3) is 0.143. The van der Waals surface area contributed by atoms with Gasteiger partial charge in [0.1, 0.15) is 5.78 Å². The Kier molecular flexibility index (Phi) is 4.30. The first kappa shape index (κ1) is 20.1. The number of aryl methyl sites for hydroxylation is 2. The second kappa shape index (κ2) is 7.26. The van der Waals surface area contributed by atoms with Crippen LogP contribution in [0, 0.1) is 23.7 Å². The van der Waals surface area contributed by atoms with E-state index in [1.807, 2.05) is 41.3 Å². The van der Waals surface area contributed by atoms with Gasteiger partial charge in [-0.3, -0.25) is 19.8 Å². The summed E-state index contributed by atoms with van der Waals surface area (Å²) in [6.45, 7) is 1.99. The Morgan fingerprint density at radius 2 is 1.76 bits per heavy atom. The van der Waals surface area contributed by atoms with Gasteiger partial charge in [-0.05, 0) is 59.0 Å². The van der Waals surface area contributed by atoms with Crippen LogP contribution in [-0.4, -0.2) is 19.9 Å². The van der Waals surface area contributed by atoms with Crippen molar-refractivity contribution >= 4 is 27.7 Å². The van der Waals surface area contributed by atoms with Crippen molar-refractivity contribution in [3.05, 3.63) is 88.7 Å². The molecule has 0 bridgehead atoms. The summed E-state index contributed by atoms with van der Waals surface area (Å²) >= 11 is 0. The lowest BCUT2D eigenvalue weighted by atomic mass is 9.99. The van der Waals surface area contributed by atoms with E-state index in [1.165, 1.54) is 0 Å². The van der Waals surface area contributed by atoms with E-state index in [0.29, 0.717) is 24.0 Å². The number of nitrogens with one attached hydrogen (secondary N) is 1. The monoisotopic (exact) mass is 443 g/mol. The molecule has 5 aromatic rings. The van der Waals surface area contributed by atoms with Crippen molar-refractivity contribution in [2.75, 3.05) is 0 Å². The molecule has 6 rings (SSSR count). The zero-order valence-electron chi connectivity index (χ0n) is 18.9. The summed E-state index contributed by atoms with van der Waals surface area (Å²) in [6, 6.07) is 20.2. The number of ketones is 1. The van der Waals surface area contributed by atoms with Crippen LogP contribution in [0.2, 0.25) is 0 Å². The quantitative estimate of drug-likeness (QED) is 0.435. The molecule has 0 amide bonds. The molecule has 3 aromatic carbocycles. The normalized spacial score (nSPS) is 12.9. The van der Waals surface area contributed by atoms with Gasteiger partial charge < -0.3 is 4.57 Å². The van der Waals surface area contributed by atoms with E-state index in [1.54, 1.807) is 12.3 Å². The predicted molar refractivity (Wildman–Crippen MR) is 131 cm³/mol. The van der Waals surface area contributed by atoms with E-state index < -0.39 is 0 Å². The summed E-state index contributed by atoms with van der Waals surface area (Å²) in [4.78, 5) is 16.6. The Bertz CT molecular complexity index is 1780. The number of carbonyl (C=O) groups is 1. The van der Waals surface area contributed by atoms with Crippen molar-refractivity contribution < 1.29 is 4.79 Å². The van der Waals surface area contributed by atoms with E-state index >= 15 is 0 Å². The lowest BCUT2D eigenvalue weighted by Gasteiger charge is -2.11. The summed E-state index contributed by atoms with van der Waals surface area (Å²) in [5, 5.41) is 19.3. The third-order valence-corrected chi connectivity index (χ3v) is 6.83. The van der Waals surface area contributed by atoms with Gasteiger partial charge in [-0.2, -0.15) is 5.26 Å². The number of fused-ring (bicyclic) bond motifs is 4. The molecule has 0 saturated carbocycles. The van der Waals surface area contributed by atoms with Gasteiger partial charge in [0.2, 0.25) is 5.62 Å². The average Bonchev–Trinajstić information content (AvgIpc) is 3.35. The maximum Gasteiger partial charge on any atom is 0.207 e. The number of imidazole rings is 1. The Balaban J connectivity index is 1.65. The summed E-state index contributed by atoms with van der Waals surface area (Å²) in [7, 11) is 1.86. The number of hydrogen-bond acceptors (Lipinski definition) is 4. The van der Waals surface area contributed by atoms with Gasteiger partial charge in [-0.15, -0.1) is 0 Å². The molecule has 2 heterocycles. The van der Waals surface area contributed by atoms with Gasteiger partial charge in [-0.1, -0.05) is 30.3 Å². The fourth-order valence-electron chi connectivity index (χ4n) is 4.98. The van der Waals surface area contributed by atoms with E-state index in [-0.39, 0.29) is 5.78 Å². The maximum atomic E-state index is 11.9. The van der Waals surface area contributed by atoms with Gasteiger partial charge in [0.25, 0.3) is 0 Å². The number of aromatic nitrogens is 3. The Morgan fingerprint density at radius 1 is 1.00 bits per heavy atom. The lowest BCUT2D eigenvalue weighted by Crippen LogP contribution is -2.21. The zero-order chi connectivity index (χ0) is 23.6. The SMILES string of the molecule is Cc1ccc(C#N)cc1-n1c(=N)n(C)c2cnc3ccc(-c4ccc5c(c4)CC(=O)C5)cc3c21. The van der Waals surface area contributed by atoms with Gasteiger partial charge >= 0.3 is 0 Å². The van der Waals surface area contributed by atoms with Gasteiger partial charge in [0.15, 0.2) is 0 Å². The van der Waals surface area contributed by atoms with Crippen LogP contribution < -0.4 is 5.62 Å². The predicted octanol–water partition coefficient (Wildman–Crippen LogP) is 4.51. The molecule has 34 heavy (non-hydrogen) atoms. The molecule has 6 nitrogen and oxygen atoms in total. The molecule has 164 valence electrons. The molecule has 1 N–H and O–H groups in total. The van der Waals surface area contributed by atoms with E-state index in [0.717, 1.165) is 55.4 Å². The number of Topliss-reactive ketones (excluding diaryl/α,β-unsaturated/α-hetero) is 1. The van der Waals surface area contributed by atoms with Crippen molar-refractivity contribution in [3.63, 3.8) is 0 Å². The highest BCUT2D eigenvalue weighted by molar-refractivity contribution is 6.04. The molecular formula is C28H21N5O. The van der Waals surface area contributed by atoms with Crippen LogP contribution in [0.3, 0.4) is 0 Å². The Hall–Kier alpha value is -4.50. The van der Waals surface area contributed by atoms with Crippen LogP contribution in [0.25, 0.3) is 38.8 Å². The number of nitriles is 1. The molecule has 0 atom stereocenters. The molecule has 0 radical (unpaired) electrons. The van der Waals surface area contributed by atoms with Gasteiger partial charge in [0, 0.05) is 25.3 Å². The summed E-state index contributed by atoms with van der Waals surface area (Å²) in [6.07, 6.45) is 2.82. The second-order valence-corrected chi connectivity index (χ2v) is 8.93. The van der Waals surface area contributed by atoms with E-state index in [9.17, 15) is 10.1 Å². The highest BCUT2D eigenvalue weighted by Crippen LogP contribution is 2.32. The first-order valence-corrected chi connectivity index (χ1v) is 11.1. The van der Waals surface area contributed by atoms with Crippen molar-refractivity contribution in [2.24, 2.45) is 7.05 Å². The number of carbonyl (C=O) groups excluding carboxylic acids is 1. The minimum absolute atomic E-state index is 0.264. The summed E-state index contributed by atoms with van der Waals surface area (Å²) < 4.78 is 3.72. The van der Waals surface area contributed by atoms with Crippen molar-refractivity contribution in [3.8, 4) is 22.9 Å².